The Balaban J connectivity index is 2.18. The van der Waals surface area contributed by atoms with Gasteiger partial charge in [0.1, 0.15) is 0 Å². The molecule has 2 aliphatic heterocycles. The molecule has 0 saturated heterocycles. The molecule has 0 bridgehead atoms. The summed E-state index contributed by atoms with van der Waals surface area (Å²) < 4.78 is 0. The van der Waals surface area contributed by atoms with Crippen LogP contribution in [0.1, 0.15) is 13.3 Å². The van der Waals surface area contributed by atoms with E-state index in [-0.39, 0.29) is 0 Å². The zero-order chi connectivity index (χ0) is 7.68. The number of thioether (sulfide) groups is 1. The van der Waals surface area contributed by atoms with Crippen molar-refractivity contribution in [3.8, 4) is 0 Å². The Morgan fingerprint density at radius 2 is 2.64 bits per heavy atom. The van der Waals surface area contributed by atoms with Crippen LogP contribution in [0.15, 0.2) is 16.1 Å². The highest BCUT2D eigenvalue weighted by Gasteiger charge is 2.19. The molecule has 0 aromatic heterocycles. The number of hydrogen-bond donors (Lipinski definition) is 0. The normalized spacial score (nSPS) is 22.8. The van der Waals surface area contributed by atoms with Gasteiger partial charge in [0.15, 0.2) is 0 Å². The van der Waals surface area contributed by atoms with Gasteiger partial charge in [0.05, 0.1) is 11.6 Å². The van der Waals surface area contributed by atoms with E-state index in [0.717, 1.165) is 25.4 Å². The van der Waals surface area contributed by atoms with Crippen LogP contribution in [0.2, 0.25) is 0 Å². The van der Waals surface area contributed by atoms with E-state index in [2.05, 4.69) is 23.0 Å². The summed E-state index contributed by atoms with van der Waals surface area (Å²) in [5.74, 6) is 0.943. The zero-order valence-corrected chi connectivity index (χ0v) is 7.52. The summed E-state index contributed by atoms with van der Waals surface area (Å²) in [5.41, 5.74) is 1.33. The summed E-state index contributed by atoms with van der Waals surface area (Å²) in [7, 11) is 0. The Labute approximate surface area is 71.4 Å². The van der Waals surface area contributed by atoms with Crippen LogP contribution in [0.3, 0.4) is 0 Å². The summed E-state index contributed by atoms with van der Waals surface area (Å²) in [6, 6.07) is 0. The van der Waals surface area contributed by atoms with Gasteiger partial charge in [-0.05, 0) is 6.92 Å². The highest BCUT2D eigenvalue weighted by molar-refractivity contribution is 8.04. The number of fused-ring (bicyclic) bond motifs is 1. The van der Waals surface area contributed by atoms with Crippen LogP contribution in [0.25, 0.3) is 0 Å². The van der Waals surface area contributed by atoms with Gasteiger partial charge in [-0.1, -0.05) is 11.8 Å². The fourth-order valence-electron chi connectivity index (χ4n) is 1.38. The lowest BCUT2D eigenvalue weighted by atomic mass is 10.2. The number of nitrogens with zero attached hydrogens (tertiary/aromatic N) is 2. The van der Waals surface area contributed by atoms with Gasteiger partial charge in [0, 0.05) is 30.6 Å². The molecule has 0 radical (unpaired) electrons. The minimum absolute atomic E-state index is 0.943. The Hall–Kier alpha value is -0.440. The van der Waals surface area contributed by atoms with Crippen molar-refractivity contribution in [2.75, 3.05) is 19.0 Å². The monoisotopic (exact) mass is 168 g/mol. The van der Waals surface area contributed by atoms with E-state index in [1.807, 2.05) is 11.8 Å². The van der Waals surface area contributed by atoms with Crippen LogP contribution < -0.4 is 0 Å². The van der Waals surface area contributed by atoms with Crippen LogP contribution in [0, 0.1) is 0 Å². The molecule has 0 amide bonds. The molecule has 2 rings (SSSR count). The van der Waals surface area contributed by atoms with E-state index >= 15 is 0 Å². The first-order valence-corrected chi connectivity index (χ1v) is 5.01. The average Bonchev–Trinajstić information content (AvgIpc) is 2.50. The minimum atomic E-state index is 0.943. The van der Waals surface area contributed by atoms with E-state index in [1.165, 1.54) is 10.6 Å². The maximum Gasteiger partial charge on any atom is 0.0895 e. The predicted octanol–water partition coefficient (Wildman–Crippen LogP) is 1.70. The molecule has 0 aromatic carbocycles. The molecule has 3 heteroatoms. The Morgan fingerprint density at radius 3 is 3.45 bits per heavy atom. The van der Waals surface area contributed by atoms with Crippen molar-refractivity contribution in [2.24, 2.45) is 4.99 Å². The Bertz CT molecular complexity index is 220. The number of allylic oxidation sites excluding steroid dienone is 1. The van der Waals surface area contributed by atoms with E-state index < -0.39 is 0 Å². The molecule has 2 nitrogen and oxygen atoms in total. The van der Waals surface area contributed by atoms with Crippen LogP contribution in [0.5, 0.6) is 0 Å². The van der Waals surface area contributed by atoms with E-state index in [1.54, 1.807) is 0 Å². The van der Waals surface area contributed by atoms with Crippen molar-refractivity contribution >= 4 is 17.5 Å². The maximum atomic E-state index is 4.41. The first-order chi connectivity index (χ1) is 5.40. The lowest BCUT2D eigenvalue weighted by molar-refractivity contribution is 0.402. The minimum Gasteiger partial charge on any atom is -0.376 e. The quantitative estimate of drug-likeness (QED) is 0.592. The fourth-order valence-corrected chi connectivity index (χ4v) is 2.30. The molecule has 60 valence electrons. The van der Waals surface area contributed by atoms with Gasteiger partial charge in [0.25, 0.3) is 0 Å². The average molecular weight is 168 g/mol. The van der Waals surface area contributed by atoms with E-state index in [4.69, 9.17) is 0 Å². The van der Waals surface area contributed by atoms with Crippen molar-refractivity contribution in [2.45, 2.75) is 13.3 Å². The van der Waals surface area contributed by atoms with Crippen LogP contribution in [-0.2, 0) is 0 Å². The van der Waals surface area contributed by atoms with Gasteiger partial charge in [-0.2, -0.15) is 0 Å². The van der Waals surface area contributed by atoms with Crippen molar-refractivity contribution in [1.29, 1.82) is 0 Å². The second-order valence-corrected chi connectivity index (χ2v) is 3.74. The van der Waals surface area contributed by atoms with Gasteiger partial charge in [-0.25, -0.2) is 0 Å². The molecule has 0 unspecified atom stereocenters. The maximum absolute atomic E-state index is 4.41. The highest BCUT2D eigenvalue weighted by Crippen LogP contribution is 2.29. The molecular weight excluding hydrogens is 156 g/mol. The Morgan fingerprint density at radius 1 is 1.73 bits per heavy atom. The molecule has 0 saturated carbocycles. The number of hydrogen-bond acceptors (Lipinski definition) is 3. The molecule has 0 N–H and O–H groups in total. The lowest BCUT2D eigenvalue weighted by Crippen LogP contribution is -2.25. The van der Waals surface area contributed by atoms with Crippen molar-refractivity contribution in [3.63, 3.8) is 0 Å². The number of rotatable bonds is 1. The van der Waals surface area contributed by atoms with Gasteiger partial charge >= 0.3 is 0 Å². The van der Waals surface area contributed by atoms with Crippen molar-refractivity contribution < 1.29 is 0 Å². The molecule has 2 aliphatic rings. The lowest BCUT2D eigenvalue weighted by Gasteiger charge is -2.23. The largest absolute Gasteiger partial charge is 0.376 e. The molecule has 0 aliphatic carbocycles. The number of aliphatic imine (C=N–C) groups is 1. The molecule has 0 fully saturated rings. The second-order valence-electron chi connectivity index (χ2n) is 2.75. The Kier molecular flexibility index (Phi) is 1.90. The third kappa shape index (κ3) is 1.29. The summed E-state index contributed by atoms with van der Waals surface area (Å²) in [6.45, 7) is 4.47. The van der Waals surface area contributed by atoms with Crippen LogP contribution in [0.4, 0.5) is 0 Å². The molecule has 0 atom stereocenters. The summed E-state index contributed by atoms with van der Waals surface area (Å²) >= 11 is 1.86. The first-order valence-electron chi connectivity index (χ1n) is 4.02. The molecule has 11 heavy (non-hydrogen) atoms. The summed E-state index contributed by atoms with van der Waals surface area (Å²) in [4.78, 5) is 8.17. The van der Waals surface area contributed by atoms with Crippen LogP contribution >= 0.6 is 11.8 Å². The SMILES string of the molecule is CCN1C=C2SCN=C2CC1. The van der Waals surface area contributed by atoms with E-state index in [9.17, 15) is 0 Å². The molecular formula is C8H12N2S. The van der Waals surface area contributed by atoms with Gasteiger partial charge in [-0.3, -0.25) is 4.99 Å². The third-order valence-electron chi connectivity index (χ3n) is 2.10. The molecule has 2 heterocycles. The highest BCUT2D eigenvalue weighted by atomic mass is 32.2. The molecule has 0 spiro atoms. The standard InChI is InChI=1S/C8H12N2S/c1-2-10-4-3-7-8(5-10)11-6-9-7/h5H,2-4,6H2,1H3. The van der Waals surface area contributed by atoms with E-state index in [0.29, 0.717) is 0 Å². The third-order valence-corrected chi connectivity index (χ3v) is 3.01. The zero-order valence-electron chi connectivity index (χ0n) is 6.71. The van der Waals surface area contributed by atoms with Crippen molar-refractivity contribution in [1.82, 2.24) is 4.90 Å². The topological polar surface area (TPSA) is 15.6 Å². The molecule has 0 aromatic rings. The first kappa shape index (κ1) is 7.22. The second kappa shape index (κ2) is 2.89. The van der Waals surface area contributed by atoms with Gasteiger partial charge in [-0.15, -0.1) is 0 Å². The fraction of sp³-hybridized carbons (Fsp3) is 0.625. The van der Waals surface area contributed by atoms with Crippen LogP contribution in [-0.4, -0.2) is 29.6 Å². The van der Waals surface area contributed by atoms with Crippen molar-refractivity contribution in [3.05, 3.63) is 11.1 Å². The predicted molar refractivity (Wildman–Crippen MR) is 49.8 cm³/mol. The van der Waals surface area contributed by atoms with Gasteiger partial charge in [0.2, 0.25) is 0 Å². The van der Waals surface area contributed by atoms with Gasteiger partial charge < -0.3 is 4.90 Å². The summed E-state index contributed by atoms with van der Waals surface area (Å²) in [5, 5.41) is 0. The summed E-state index contributed by atoms with van der Waals surface area (Å²) in [6.07, 6.45) is 3.40. The smallest absolute Gasteiger partial charge is 0.0895 e.